The number of aliphatic carboxylic acids is 1. The fraction of sp³-hybridized carbons (Fsp3) is 0.907. The molecule has 0 amide bonds. The molecular weight excluding hydrogens is 791 g/mol. The van der Waals surface area contributed by atoms with Crippen LogP contribution in [0.3, 0.4) is 0 Å². The summed E-state index contributed by atoms with van der Waals surface area (Å²) in [5.74, 6) is -2.00. The van der Waals surface area contributed by atoms with Gasteiger partial charge in [0.15, 0.2) is 6.10 Å². The van der Waals surface area contributed by atoms with Gasteiger partial charge < -0.3 is 28.5 Å². The molecule has 63 heavy (non-hydrogen) atoms. The van der Waals surface area contributed by atoms with Crippen LogP contribution in [0.4, 0.5) is 0 Å². The zero-order valence-electron chi connectivity index (χ0n) is 42.3. The summed E-state index contributed by atoms with van der Waals surface area (Å²) < 4.78 is 22.7. The van der Waals surface area contributed by atoms with E-state index in [1.807, 2.05) is 21.1 Å². The van der Waals surface area contributed by atoms with E-state index < -0.39 is 24.3 Å². The monoisotopic (exact) mass is 895 g/mol. The van der Waals surface area contributed by atoms with E-state index in [9.17, 15) is 19.5 Å². The van der Waals surface area contributed by atoms with Gasteiger partial charge >= 0.3 is 17.9 Å². The second-order valence-electron chi connectivity index (χ2n) is 19.5. The maximum atomic E-state index is 12.8. The molecule has 0 fully saturated rings. The number of hydrogen-bond acceptors (Lipinski definition) is 7. The number of rotatable bonds is 50. The average molecular weight is 895 g/mol. The molecule has 0 bridgehead atoms. The molecule has 0 aromatic heterocycles. The molecule has 0 aromatic rings. The molecule has 0 saturated heterocycles. The molecule has 0 spiro atoms. The Balaban J connectivity index is 3.96. The van der Waals surface area contributed by atoms with Crippen LogP contribution < -0.4 is 0 Å². The molecule has 0 rings (SSSR count). The van der Waals surface area contributed by atoms with Crippen molar-refractivity contribution in [3.63, 3.8) is 0 Å². The minimum absolute atomic E-state index is 0.176. The molecular formula is C54H104NO8+. The van der Waals surface area contributed by atoms with Gasteiger partial charge in [-0.25, -0.2) is 4.79 Å². The molecule has 0 heterocycles. The van der Waals surface area contributed by atoms with Crippen molar-refractivity contribution in [2.45, 2.75) is 270 Å². The van der Waals surface area contributed by atoms with Crippen molar-refractivity contribution in [3.8, 4) is 0 Å². The summed E-state index contributed by atoms with van der Waals surface area (Å²) in [6, 6.07) is 0. The number of nitrogens with zero attached hydrogens (tertiary/aromatic N) is 1. The van der Waals surface area contributed by atoms with Crippen molar-refractivity contribution in [3.05, 3.63) is 12.2 Å². The van der Waals surface area contributed by atoms with Crippen LogP contribution in [0.5, 0.6) is 0 Å². The summed E-state index contributed by atoms with van der Waals surface area (Å²) in [4.78, 5) is 37.0. The van der Waals surface area contributed by atoms with Crippen LogP contribution in [0.2, 0.25) is 0 Å². The van der Waals surface area contributed by atoms with Gasteiger partial charge in [-0.3, -0.25) is 9.59 Å². The summed E-state index contributed by atoms with van der Waals surface area (Å²) >= 11 is 0. The lowest BCUT2D eigenvalue weighted by molar-refractivity contribution is -0.870. The van der Waals surface area contributed by atoms with E-state index in [0.29, 0.717) is 17.4 Å². The SMILES string of the molecule is CCCCCCCCCC/C=C\CCCCCCCCCCCCCCCCCCCCCC(=O)OC(COC(=O)CCCCCCCCC)COC(OCC[N+](C)(C)C)C(=O)O. The Morgan fingerprint density at radius 2 is 0.810 bits per heavy atom. The summed E-state index contributed by atoms with van der Waals surface area (Å²) in [5, 5.41) is 9.63. The number of hydrogen-bond donors (Lipinski definition) is 1. The van der Waals surface area contributed by atoms with E-state index >= 15 is 0 Å². The average Bonchev–Trinajstić information content (AvgIpc) is 3.24. The highest BCUT2D eigenvalue weighted by molar-refractivity contribution is 5.71. The summed E-state index contributed by atoms with van der Waals surface area (Å²) in [7, 11) is 5.96. The summed E-state index contributed by atoms with van der Waals surface area (Å²) in [6.07, 6.45) is 49.0. The van der Waals surface area contributed by atoms with Gasteiger partial charge in [0.2, 0.25) is 0 Å². The lowest BCUT2D eigenvalue weighted by atomic mass is 10.0. The molecule has 0 aromatic carbocycles. The van der Waals surface area contributed by atoms with Gasteiger partial charge in [0, 0.05) is 12.8 Å². The fourth-order valence-corrected chi connectivity index (χ4v) is 7.83. The lowest BCUT2D eigenvalue weighted by Gasteiger charge is -2.25. The molecule has 0 radical (unpaired) electrons. The minimum atomic E-state index is -1.50. The van der Waals surface area contributed by atoms with Gasteiger partial charge in [0.1, 0.15) is 13.2 Å². The molecule has 9 heteroatoms. The minimum Gasteiger partial charge on any atom is -0.477 e. The number of carboxylic acid groups (broad SMARTS) is 1. The Labute approximate surface area is 389 Å². The van der Waals surface area contributed by atoms with E-state index in [4.69, 9.17) is 18.9 Å². The quantitative estimate of drug-likeness (QED) is 0.0211. The predicted octanol–water partition coefficient (Wildman–Crippen LogP) is 15.0. The topological polar surface area (TPSA) is 108 Å². The zero-order chi connectivity index (χ0) is 46.3. The van der Waals surface area contributed by atoms with Crippen molar-refractivity contribution in [1.29, 1.82) is 0 Å². The van der Waals surface area contributed by atoms with Gasteiger partial charge in [0.05, 0.1) is 34.4 Å². The van der Waals surface area contributed by atoms with Gasteiger partial charge in [-0.2, -0.15) is 0 Å². The molecule has 0 aliphatic carbocycles. The van der Waals surface area contributed by atoms with Crippen LogP contribution in [0.25, 0.3) is 0 Å². The molecule has 0 aliphatic rings. The lowest BCUT2D eigenvalue weighted by Crippen LogP contribution is -2.40. The van der Waals surface area contributed by atoms with E-state index in [0.717, 1.165) is 38.5 Å². The van der Waals surface area contributed by atoms with Crippen molar-refractivity contribution in [2.24, 2.45) is 0 Å². The standard InChI is InChI=1S/C54H103NO8/c1-6-8-10-12-14-15-16-17-18-19-20-21-22-23-24-25-26-27-28-29-30-31-32-33-34-35-36-37-39-41-43-45-52(57)63-50(48-61-51(56)44-42-40-38-13-11-9-7-2)49-62-54(53(58)59)60-47-46-55(3,4)5/h19-20,50,54H,6-18,21-49H2,1-5H3/p+1/b20-19-. The van der Waals surface area contributed by atoms with Crippen LogP contribution >= 0.6 is 0 Å². The van der Waals surface area contributed by atoms with E-state index in [1.165, 1.54) is 193 Å². The molecule has 1 N–H and O–H groups in total. The van der Waals surface area contributed by atoms with Crippen molar-refractivity contribution in [2.75, 3.05) is 47.5 Å². The smallest absolute Gasteiger partial charge is 0.361 e. The molecule has 0 saturated carbocycles. The number of quaternary nitrogens is 1. The molecule has 0 aliphatic heterocycles. The van der Waals surface area contributed by atoms with Gasteiger partial charge in [0.25, 0.3) is 6.29 Å². The van der Waals surface area contributed by atoms with Crippen molar-refractivity contribution >= 4 is 17.9 Å². The largest absolute Gasteiger partial charge is 0.477 e. The van der Waals surface area contributed by atoms with Crippen molar-refractivity contribution < 1.29 is 42.9 Å². The normalized spacial score (nSPS) is 12.8. The van der Waals surface area contributed by atoms with E-state index in [1.54, 1.807) is 0 Å². The Morgan fingerprint density at radius 1 is 0.460 bits per heavy atom. The van der Waals surface area contributed by atoms with Crippen LogP contribution in [0.15, 0.2) is 12.2 Å². The Bertz CT molecular complexity index is 1040. The maximum Gasteiger partial charge on any atom is 0.361 e. The van der Waals surface area contributed by atoms with Crippen LogP contribution in [0, 0.1) is 0 Å². The third-order valence-corrected chi connectivity index (χ3v) is 12.0. The first kappa shape index (κ1) is 61.0. The number of unbranched alkanes of at least 4 members (excludes halogenated alkanes) is 33. The highest BCUT2D eigenvalue weighted by Gasteiger charge is 2.25. The van der Waals surface area contributed by atoms with Gasteiger partial charge in [-0.1, -0.05) is 219 Å². The first-order valence-electron chi connectivity index (χ1n) is 26.9. The van der Waals surface area contributed by atoms with Crippen LogP contribution in [0.1, 0.15) is 258 Å². The highest BCUT2D eigenvalue weighted by atomic mass is 16.7. The number of carboxylic acids is 1. The maximum absolute atomic E-state index is 12.8. The first-order chi connectivity index (χ1) is 30.6. The molecule has 372 valence electrons. The molecule has 9 nitrogen and oxygen atoms in total. The third-order valence-electron chi connectivity index (χ3n) is 12.0. The summed E-state index contributed by atoms with van der Waals surface area (Å²) in [5.41, 5.74) is 0. The third kappa shape index (κ3) is 47.8. The van der Waals surface area contributed by atoms with Gasteiger partial charge in [-0.15, -0.1) is 0 Å². The second-order valence-corrected chi connectivity index (χ2v) is 19.5. The number of ether oxygens (including phenoxy) is 4. The number of esters is 2. The molecule has 2 atom stereocenters. The number of likely N-dealkylation sites (N-methyl/N-ethyl adjacent to an activating group) is 1. The Morgan fingerprint density at radius 3 is 1.17 bits per heavy atom. The predicted molar refractivity (Wildman–Crippen MR) is 263 cm³/mol. The Hall–Kier alpha value is -1.97. The number of allylic oxidation sites excluding steroid dienone is 2. The fourth-order valence-electron chi connectivity index (χ4n) is 7.83. The molecule has 2 unspecified atom stereocenters. The highest BCUT2D eigenvalue weighted by Crippen LogP contribution is 2.17. The number of carbonyl (C=O) groups is 3. The van der Waals surface area contributed by atoms with E-state index in [-0.39, 0.29) is 32.2 Å². The second kappa shape index (κ2) is 46.6. The van der Waals surface area contributed by atoms with Crippen LogP contribution in [-0.2, 0) is 33.3 Å². The summed E-state index contributed by atoms with van der Waals surface area (Å²) in [6.45, 7) is 4.85. The van der Waals surface area contributed by atoms with E-state index in [2.05, 4.69) is 26.0 Å². The zero-order valence-corrected chi connectivity index (χ0v) is 42.3. The number of carbonyl (C=O) groups excluding carboxylic acids is 2. The first-order valence-corrected chi connectivity index (χ1v) is 26.9. The van der Waals surface area contributed by atoms with Crippen LogP contribution in [-0.4, -0.2) is 87.4 Å². The Kier molecular flexibility index (Phi) is 45.1. The van der Waals surface area contributed by atoms with Crippen molar-refractivity contribution in [1.82, 2.24) is 0 Å². The van der Waals surface area contributed by atoms with Gasteiger partial charge in [-0.05, 0) is 38.5 Å².